The Balaban J connectivity index is 1.45. The van der Waals surface area contributed by atoms with E-state index in [1.807, 2.05) is 60.0 Å². The maximum Gasteiger partial charge on any atom is 0.330 e. The minimum atomic E-state index is -1.08. The van der Waals surface area contributed by atoms with Crippen LogP contribution in [0.1, 0.15) is 11.1 Å². The number of aliphatic carboxylic acids is 1. The Morgan fingerprint density at radius 1 is 1.10 bits per heavy atom. The number of hydrogen-bond acceptors (Lipinski definition) is 5. The summed E-state index contributed by atoms with van der Waals surface area (Å²) in [7, 11) is 1.58. The van der Waals surface area contributed by atoms with Crippen LogP contribution < -0.4 is 10.1 Å². The van der Waals surface area contributed by atoms with Crippen molar-refractivity contribution in [2.24, 2.45) is 0 Å². The zero-order chi connectivity index (χ0) is 22.0. The van der Waals surface area contributed by atoms with Gasteiger partial charge in [0.25, 0.3) is 0 Å². The smallest absolute Gasteiger partial charge is 0.330 e. The summed E-state index contributed by atoms with van der Waals surface area (Å²) in [4.78, 5) is 38.5. The Morgan fingerprint density at radius 3 is 2.45 bits per heavy atom. The number of fused-ring (bicyclic) bond motifs is 1. The molecular formula is C23H22N2O5S. The summed E-state index contributed by atoms with van der Waals surface area (Å²) in [6.07, 6.45) is 0.582. The van der Waals surface area contributed by atoms with Crippen molar-refractivity contribution in [3.8, 4) is 5.75 Å². The van der Waals surface area contributed by atoms with Crippen LogP contribution in [0.2, 0.25) is 0 Å². The van der Waals surface area contributed by atoms with Crippen molar-refractivity contribution in [1.82, 2.24) is 10.2 Å². The van der Waals surface area contributed by atoms with E-state index in [0.717, 1.165) is 16.9 Å². The summed E-state index contributed by atoms with van der Waals surface area (Å²) >= 11 is 1.37. The molecule has 2 aromatic rings. The fraction of sp³-hybridized carbons (Fsp3) is 0.261. The molecular weight excluding hydrogens is 416 g/mol. The summed E-state index contributed by atoms with van der Waals surface area (Å²) in [5.74, 6) is -0.985. The zero-order valence-electron chi connectivity index (χ0n) is 16.9. The Morgan fingerprint density at radius 2 is 1.81 bits per heavy atom. The minimum absolute atomic E-state index is 0.170. The third-order valence-corrected chi connectivity index (χ3v) is 6.61. The van der Waals surface area contributed by atoms with Gasteiger partial charge in [-0.25, -0.2) is 4.79 Å². The molecule has 3 atom stereocenters. The molecule has 2 aromatic carbocycles. The molecule has 160 valence electrons. The fourth-order valence-corrected chi connectivity index (χ4v) is 5.06. The van der Waals surface area contributed by atoms with E-state index in [4.69, 9.17) is 4.74 Å². The zero-order valence-corrected chi connectivity index (χ0v) is 17.7. The van der Waals surface area contributed by atoms with E-state index in [-0.39, 0.29) is 18.2 Å². The third kappa shape index (κ3) is 4.29. The van der Waals surface area contributed by atoms with Crippen molar-refractivity contribution in [3.05, 3.63) is 76.7 Å². The van der Waals surface area contributed by atoms with Crippen molar-refractivity contribution in [2.45, 2.75) is 30.3 Å². The highest BCUT2D eigenvalue weighted by Crippen LogP contribution is 2.41. The number of rotatable bonds is 7. The average molecular weight is 439 g/mol. The van der Waals surface area contributed by atoms with Crippen LogP contribution in [-0.4, -0.2) is 52.4 Å². The lowest BCUT2D eigenvalue weighted by atomic mass is 9.94. The summed E-state index contributed by atoms with van der Waals surface area (Å²) < 4.78 is 5.15. The van der Waals surface area contributed by atoms with Gasteiger partial charge in [0.2, 0.25) is 11.8 Å². The third-order valence-electron chi connectivity index (χ3n) is 5.39. The lowest BCUT2D eigenvalue weighted by Gasteiger charge is -2.51. The van der Waals surface area contributed by atoms with Crippen LogP contribution in [0.15, 0.2) is 65.6 Å². The highest BCUT2D eigenvalue weighted by Gasteiger charge is 2.55. The highest BCUT2D eigenvalue weighted by molar-refractivity contribution is 8.02. The van der Waals surface area contributed by atoms with Crippen LogP contribution in [-0.2, 0) is 27.2 Å². The second kappa shape index (κ2) is 8.85. The lowest BCUT2D eigenvalue weighted by molar-refractivity contribution is -0.160. The van der Waals surface area contributed by atoms with Crippen LogP contribution >= 0.6 is 11.8 Å². The fourth-order valence-electron chi connectivity index (χ4n) is 3.84. The number of carboxylic acids is 1. The van der Waals surface area contributed by atoms with E-state index in [2.05, 4.69) is 5.32 Å². The van der Waals surface area contributed by atoms with E-state index in [9.17, 15) is 19.5 Å². The quantitative estimate of drug-likeness (QED) is 0.644. The summed E-state index contributed by atoms with van der Waals surface area (Å²) in [6.45, 7) is 0. The van der Waals surface area contributed by atoms with E-state index < -0.39 is 23.4 Å². The largest absolute Gasteiger partial charge is 0.497 e. The van der Waals surface area contributed by atoms with Crippen LogP contribution in [0.3, 0.4) is 0 Å². The number of nitrogens with one attached hydrogen (secondary N) is 1. The van der Waals surface area contributed by atoms with E-state index in [1.54, 1.807) is 7.11 Å². The Bertz CT molecular complexity index is 1020. The maximum atomic E-state index is 12.8. The number of carbonyl (C=O) groups is 3. The molecule has 2 aliphatic rings. The van der Waals surface area contributed by atoms with Crippen molar-refractivity contribution in [3.63, 3.8) is 0 Å². The number of thioether (sulfide) groups is 1. The SMILES string of the molecule is COc1ccc(CC2=CS[C@@H]3C(NC(=O)Cc4ccccc4)C(=O)N3C2C(=O)O)cc1. The highest BCUT2D eigenvalue weighted by atomic mass is 32.2. The molecule has 0 radical (unpaired) electrons. The summed E-state index contributed by atoms with van der Waals surface area (Å²) in [5.41, 5.74) is 2.42. The molecule has 7 nitrogen and oxygen atoms in total. The Labute approximate surface area is 184 Å². The molecule has 2 unspecified atom stereocenters. The first-order valence-electron chi connectivity index (χ1n) is 9.83. The Kier molecular flexibility index (Phi) is 5.99. The van der Waals surface area contributed by atoms with Crippen LogP contribution in [0, 0.1) is 0 Å². The molecule has 4 rings (SSSR count). The molecule has 8 heteroatoms. The molecule has 0 spiro atoms. The molecule has 2 aliphatic heterocycles. The van der Waals surface area contributed by atoms with E-state index in [0.29, 0.717) is 12.0 Å². The van der Waals surface area contributed by atoms with E-state index >= 15 is 0 Å². The second-order valence-electron chi connectivity index (χ2n) is 7.44. The normalized spacial score (nSPS) is 22.1. The molecule has 1 fully saturated rings. The van der Waals surface area contributed by atoms with Gasteiger partial charge in [0.1, 0.15) is 17.2 Å². The average Bonchev–Trinajstić information content (AvgIpc) is 2.78. The first-order valence-corrected chi connectivity index (χ1v) is 10.8. The van der Waals surface area contributed by atoms with Gasteiger partial charge < -0.3 is 20.1 Å². The topological polar surface area (TPSA) is 95.9 Å². The first kappa shape index (κ1) is 21.0. The summed E-state index contributed by atoms with van der Waals surface area (Å²) in [6, 6.07) is 14.9. The van der Waals surface area contributed by atoms with Gasteiger partial charge in [0.05, 0.1) is 13.5 Å². The van der Waals surface area contributed by atoms with Gasteiger partial charge in [-0.15, -0.1) is 11.8 Å². The summed E-state index contributed by atoms with van der Waals surface area (Å²) in [5, 5.41) is 14.0. The monoisotopic (exact) mass is 438 g/mol. The molecule has 2 heterocycles. The number of carboxylic acid groups (broad SMARTS) is 1. The van der Waals surface area contributed by atoms with Crippen LogP contribution in [0.4, 0.5) is 0 Å². The van der Waals surface area contributed by atoms with Gasteiger partial charge in [-0.05, 0) is 40.7 Å². The van der Waals surface area contributed by atoms with Crippen molar-refractivity contribution < 1.29 is 24.2 Å². The number of amides is 2. The number of methoxy groups -OCH3 is 1. The molecule has 0 aliphatic carbocycles. The van der Waals surface area contributed by atoms with Crippen molar-refractivity contribution in [2.75, 3.05) is 7.11 Å². The number of hydrogen-bond donors (Lipinski definition) is 2. The first-order chi connectivity index (χ1) is 15.0. The maximum absolute atomic E-state index is 12.8. The molecule has 2 N–H and O–H groups in total. The Hall–Kier alpha value is -3.26. The van der Waals surface area contributed by atoms with Crippen molar-refractivity contribution >= 4 is 29.5 Å². The van der Waals surface area contributed by atoms with Gasteiger partial charge in [-0.3, -0.25) is 9.59 Å². The van der Waals surface area contributed by atoms with Crippen LogP contribution in [0.25, 0.3) is 0 Å². The van der Waals surface area contributed by atoms with Gasteiger partial charge in [0.15, 0.2) is 6.04 Å². The molecule has 2 amide bonds. The number of nitrogens with zero attached hydrogens (tertiary/aromatic N) is 1. The molecule has 0 bridgehead atoms. The molecule has 0 aromatic heterocycles. The molecule has 1 saturated heterocycles. The number of ether oxygens (including phenoxy) is 1. The molecule has 0 saturated carbocycles. The molecule has 31 heavy (non-hydrogen) atoms. The second-order valence-corrected chi connectivity index (χ2v) is 8.43. The predicted octanol–water partition coefficient (Wildman–Crippen LogP) is 2.22. The number of carbonyl (C=O) groups excluding carboxylic acids is 2. The van der Waals surface area contributed by atoms with E-state index in [1.165, 1.54) is 16.7 Å². The van der Waals surface area contributed by atoms with Gasteiger partial charge >= 0.3 is 5.97 Å². The van der Waals surface area contributed by atoms with Gasteiger partial charge in [0, 0.05) is 0 Å². The van der Waals surface area contributed by atoms with Gasteiger partial charge in [-0.1, -0.05) is 42.5 Å². The number of benzene rings is 2. The number of β-lactam (4-membered cyclic amide) rings is 1. The standard InChI is InChI=1S/C23H22N2O5S/c1-30-17-9-7-15(8-10-17)11-16-13-31-22-19(21(27)25(22)20(16)23(28)29)24-18(26)12-14-5-3-2-4-6-14/h2-10,13,19-20,22H,11-12H2,1H3,(H,24,26)(H,28,29)/t19?,20?,22-/m1/s1. The lowest BCUT2D eigenvalue weighted by Crippen LogP contribution is -2.74. The van der Waals surface area contributed by atoms with Crippen LogP contribution in [0.5, 0.6) is 5.75 Å². The predicted molar refractivity (Wildman–Crippen MR) is 117 cm³/mol. The minimum Gasteiger partial charge on any atom is -0.497 e. The van der Waals surface area contributed by atoms with Gasteiger partial charge in [-0.2, -0.15) is 0 Å². The van der Waals surface area contributed by atoms with Crippen molar-refractivity contribution in [1.29, 1.82) is 0 Å².